The van der Waals surface area contributed by atoms with Crippen molar-refractivity contribution in [1.29, 1.82) is 0 Å². The number of nitrogens with one attached hydrogen (secondary N) is 1. The minimum absolute atomic E-state index is 0.116. The Morgan fingerprint density at radius 2 is 1.91 bits per heavy atom. The molecule has 0 aliphatic carbocycles. The maximum absolute atomic E-state index is 12.3. The summed E-state index contributed by atoms with van der Waals surface area (Å²) in [6, 6.07) is 9.54. The minimum Gasteiger partial charge on any atom is -0.315 e. The molecule has 114 valence electrons. The third-order valence-corrected chi connectivity index (χ3v) is 3.52. The first kappa shape index (κ1) is 15.6. The summed E-state index contributed by atoms with van der Waals surface area (Å²) in [4.78, 5) is 22.7. The summed E-state index contributed by atoms with van der Waals surface area (Å²) < 4.78 is 1.77. The zero-order valence-electron chi connectivity index (χ0n) is 12.5. The number of nitrogens with zero attached hydrogens (tertiary/aromatic N) is 2. The van der Waals surface area contributed by atoms with Gasteiger partial charge >= 0.3 is 0 Å². The van der Waals surface area contributed by atoms with Crippen LogP contribution in [-0.2, 0) is 11.2 Å². The van der Waals surface area contributed by atoms with E-state index in [9.17, 15) is 14.9 Å². The van der Waals surface area contributed by atoms with Crippen molar-refractivity contribution in [2.24, 2.45) is 0 Å². The second-order valence-electron chi connectivity index (χ2n) is 4.95. The van der Waals surface area contributed by atoms with Crippen LogP contribution in [0.5, 0.6) is 0 Å². The summed E-state index contributed by atoms with van der Waals surface area (Å²) in [5, 5.41) is 13.6. The molecule has 1 N–H and O–H groups in total. The molecule has 0 spiro atoms. The third-order valence-electron chi connectivity index (χ3n) is 3.52. The zero-order valence-corrected chi connectivity index (χ0v) is 12.5. The lowest BCUT2D eigenvalue weighted by atomic mass is 10.2. The van der Waals surface area contributed by atoms with Gasteiger partial charge in [-0.3, -0.25) is 14.9 Å². The largest absolute Gasteiger partial charge is 0.315 e. The van der Waals surface area contributed by atoms with E-state index in [4.69, 9.17) is 0 Å². The van der Waals surface area contributed by atoms with Crippen LogP contribution in [0.3, 0.4) is 0 Å². The number of hydrogen-bond acceptors (Lipinski definition) is 3. The first-order valence-electron chi connectivity index (χ1n) is 7.07. The molecule has 0 unspecified atom stereocenters. The highest BCUT2D eigenvalue weighted by atomic mass is 16.6. The normalized spacial score (nSPS) is 11.7. The first-order chi connectivity index (χ1) is 10.5. The lowest BCUT2D eigenvalue weighted by molar-refractivity contribution is -0.705. The molecule has 0 saturated heterocycles. The van der Waals surface area contributed by atoms with Crippen molar-refractivity contribution in [1.82, 2.24) is 0 Å². The second kappa shape index (κ2) is 6.80. The van der Waals surface area contributed by atoms with E-state index >= 15 is 0 Å². The van der Waals surface area contributed by atoms with Gasteiger partial charge in [0.25, 0.3) is 11.6 Å². The van der Waals surface area contributed by atoms with Crippen LogP contribution in [-0.4, -0.2) is 10.8 Å². The van der Waals surface area contributed by atoms with Crippen molar-refractivity contribution in [2.45, 2.75) is 26.3 Å². The quantitative estimate of drug-likeness (QED) is 0.524. The molecule has 1 aromatic heterocycles. The van der Waals surface area contributed by atoms with Crippen LogP contribution >= 0.6 is 0 Å². The number of nitro benzene ring substituents is 1. The Bertz CT molecular complexity index is 683. The van der Waals surface area contributed by atoms with E-state index in [1.807, 2.05) is 24.5 Å². The number of para-hydroxylation sites is 2. The van der Waals surface area contributed by atoms with Crippen molar-refractivity contribution < 1.29 is 14.3 Å². The summed E-state index contributed by atoms with van der Waals surface area (Å²) in [7, 11) is 0. The Kier molecular flexibility index (Phi) is 4.83. The van der Waals surface area contributed by atoms with Crippen LogP contribution in [0.25, 0.3) is 0 Å². The van der Waals surface area contributed by atoms with Gasteiger partial charge in [0.15, 0.2) is 12.4 Å². The van der Waals surface area contributed by atoms with Gasteiger partial charge in [0.2, 0.25) is 6.04 Å². The van der Waals surface area contributed by atoms with E-state index in [0.29, 0.717) is 0 Å². The highest BCUT2D eigenvalue weighted by Crippen LogP contribution is 2.23. The van der Waals surface area contributed by atoms with Gasteiger partial charge in [0.1, 0.15) is 5.69 Å². The summed E-state index contributed by atoms with van der Waals surface area (Å²) in [5.74, 6) is -0.302. The lowest BCUT2D eigenvalue weighted by Gasteiger charge is -2.09. The van der Waals surface area contributed by atoms with Crippen LogP contribution in [0, 0.1) is 10.1 Å². The van der Waals surface area contributed by atoms with Crippen molar-refractivity contribution in [3.05, 3.63) is 64.5 Å². The summed E-state index contributed by atoms with van der Waals surface area (Å²) >= 11 is 0. The highest BCUT2D eigenvalue weighted by molar-refractivity contribution is 5.94. The predicted octanol–water partition coefficient (Wildman–Crippen LogP) is 2.64. The van der Waals surface area contributed by atoms with E-state index in [0.717, 1.165) is 6.42 Å². The number of nitro groups is 1. The Morgan fingerprint density at radius 1 is 1.27 bits per heavy atom. The SMILES string of the molecule is CCc1cc[n+]([C@@H](C)C(=O)Nc2ccccc2[N+](=O)[O-])cc1. The van der Waals surface area contributed by atoms with Gasteiger partial charge in [-0.05, 0) is 18.1 Å². The Hall–Kier alpha value is -2.76. The molecule has 6 nitrogen and oxygen atoms in total. The maximum Gasteiger partial charge on any atom is 0.293 e. The first-order valence-corrected chi connectivity index (χ1v) is 7.07. The predicted molar refractivity (Wildman–Crippen MR) is 82.5 cm³/mol. The number of benzene rings is 1. The van der Waals surface area contributed by atoms with E-state index in [2.05, 4.69) is 12.2 Å². The molecule has 6 heteroatoms. The van der Waals surface area contributed by atoms with E-state index in [1.165, 1.54) is 17.7 Å². The molecule has 0 aliphatic rings. The lowest BCUT2D eigenvalue weighted by Crippen LogP contribution is -2.44. The average Bonchev–Trinajstić information content (AvgIpc) is 2.54. The molecule has 0 radical (unpaired) electrons. The fourth-order valence-electron chi connectivity index (χ4n) is 2.07. The van der Waals surface area contributed by atoms with E-state index in [1.54, 1.807) is 23.6 Å². The maximum atomic E-state index is 12.3. The molecule has 22 heavy (non-hydrogen) atoms. The fraction of sp³-hybridized carbons (Fsp3) is 0.250. The zero-order chi connectivity index (χ0) is 16.1. The van der Waals surface area contributed by atoms with E-state index < -0.39 is 11.0 Å². The Morgan fingerprint density at radius 3 is 2.50 bits per heavy atom. The van der Waals surface area contributed by atoms with Crippen LogP contribution in [0.2, 0.25) is 0 Å². The number of pyridine rings is 1. The van der Waals surface area contributed by atoms with Gasteiger partial charge in [-0.15, -0.1) is 0 Å². The van der Waals surface area contributed by atoms with Gasteiger partial charge in [0, 0.05) is 25.1 Å². The highest BCUT2D eigenvalue weighted by Gasteiger charge is 2.24. The van der Waals surface area contributed by atoms with Gasteiger partial charge in [0.05, 0.1) is 4.92 Å². The van der Waals surface area contributed by atoms with Crippen molar-refractivity contribution >= 4 is 17.3 Å². The van der Waals surface area contributed by atoms with E-state index in [-0.39, 0.29) is 17.3 Å². The molecule has 2 rings (SSSR count). The molecular formula is C16H18N3O3+. The molecule has 0 bridgehead atoms. The van der Waals surface area contributed by atoms with Crippen molar-refractivity contribution in [2.75, 3.05) is 5.32 Å². The summed E-state index contributed by atoms with van der Waals surface area (Å²) in [5.41, 5.74) is 1.27. The molecule has 0 saturated carbocycles. The molecule has 2 aromatic rings. The number of hydrogen-bond donors (Lipinski definition) is 1. The third kappa shape index (κ3) is 3.46. The standard InChI is InChI=1S/C16H17N3O3/c1-3-13-8-10-18(11-9-13)12(2)16(20)17-14-6-4-5-7-15(14)19(21)22/h4-12H,3H2,1-2H3/p+1/t12-/m0/s1. The van der Waals surface area contributed by atoms with Gasteiger partial charge < -0.3 is 5.32 Å². The van der Waals surface area contributed by atoms with Gasteiger partial charge in [-0.2, -0.15) is 4.57 Å². The Balaban J connectivity index is 2.16. The number of carbonyl (C=O) groups excluding carboxylic acids is 1. The average molecular weight is 300 g/mol. The topological polar surface area (TPSA) is 76.1 Å². The summed E-state index contributed by atoms with van der Waals surface area (Å²) in [6.07, 6.45) is 4.60. The molecule has 0 aliphatic heterocycles. The molecule has 1 heterocycles. The monoisotopic (exact) mass is 300 g/mol. The molecular weight excluding hydrogens is 282 g/mol. The van der Waals surface area contributed by atoms with Crippen molar-refractivity contribution in [3.8, 4) is 0 Å². The van der Waals surface area contributed by atoms with Gasteiger partial charge in [-0.25, -0.2) is 0 Å². The number of carbonyl (C=O) groups is 1. The molecule has 0 fully saturated rings. The number of amides is 1. The van der Waals surface area contributed by atoms with Crippen LogP contribution in [0.1, 0.15) is 25.5 Å². The van der Waals surface area contributed by atoms with Crippen LogP contribution < -0.4 is 9.88 Å². The fourth-order valence-corrected chi connectivity index (χ4v) is 2.07. The summed E-state index contributed by atoms with van der Waals surface area (Å²) in [6.45, 7) is 3.81. The molecule has 1 atom stereocenters. The molecule has 1 amide bonds. The molecule has 1 aromatic carbocycles. The minimum atomic E-state index is -0.510. The Labute approximate surface area is 128 Å². The number of aryl methyl sites for hydroxylation is 1. The van der Waals surface area contributed by atoms with Gasteiger partial charge in [-0.1, -0.05) is 19.1 Å². The smallest absolute Gasteiger partial charge is 0.293 e. The number of rotatable bonds is 5. The number of anilines is 1. The second-order valence-corrected chi connectivity index (χ2v) is 4.95. The van der Waals surface area contributed by atoms with Crippen LogP contribution in [0.4, 0.5) is 11.4 Å². The van der Waals surface area contributed by atoms with Crippen molar-refractivity contribution in [3.63, 3.8) is 0 Å². The van der Waals surface area contributed by atoms with Crippen LogP contribution in [0.15, 0.2) is 48.8 Å². The number of aromatic nitrogens is 1.